The van der Waals surface area contributed by atoms with Gasteiger partial charge in [0.2, 0.25) is 10.0 Å². The highest BCUT2D eigenvalue weighted by Crippen LogP contribution is 2.19. The molecule has 27 heavy (non-hydrogen) atoms. The first-order valence-electron chi connectivity index (χ1n) is 8.65. The molecule has 0 aromatic carbocycles. The number of nitrogens with one attached hydrogen (secondary N) is 2. The van der Waals surface area contributed by atoms with E-state index in [1.807, 2.05) is 0 Å². The first kappa shape index (κ1) is 23.5. The molecule has 0 aliphatic heterocycles. The zero-order valence-electron chi connectivity index (χ0n) is 16.5. The monoisotopic (exact) mass is 416 g/mol. The van der Waals surface area contributed by atoms with Gasteiger partial charge in [0.25, 0.3) is 5.91 Å². The molecule has 0 aromatic heterocycles. The molecule has 1 amide bonds. The van der Waals surface area contributed by atoms with Crippen molar-refractivity contribution in [1.82, 2.24) is 10.0 Å². The van der Waals surface area contributed by atoms with Crippen molar-refractivity contribution < 1.29 is 17.9 Å². The Bertz CT molecular complexity index is 761. The van der Waals surface area contributed by atoms with Gasteiger partial charge < -0.3 is 10.1 Å². The van der Waals surface area contributed by atoms with E-state index in [1.165, 1.54) is 7.11 Å². The van der Waals surface area contributed by atoms with E-state index in [1.54, 1.807) is 52.0 Å². The first-order valence-corrected chi connectivity index (χ1v) is 10.5. The lowest BCUT2D eigenvalue weighted by molar-refractivity contribution is -0.117. The highest BCUT2D eigenvalue weighted by molar-refractivity contribution is 7.90. The average Bonchev–Trinajstić information content (AvgIpc) is 2.54. The first-order chi connectivity index (χ1) is 12.4. The fourth-order valence-electron chi connectivity index (χ4n) is 2.40. The molecule has 0 saturated heterocycles. The van der Waals surface area contributed by atoms with E-state index < -0.39 is 20.8 Å². The minimum Gasteiger partial charge on any atom is -0.499 e. The third-order valence-corrected chi connectivity index (χ3v) is 6.45. The number of amides is 1. The van der Waals surface area contributed by atoms with Crippen LogP contribution in [0, 0.1) is 0 Å². The van der Waals surface area contributed by atoms with E-state index in [0.717, 1.165) is 0 Å². The predicted octanol–water partition coefficient (Wildman–Crippen LogP) is 3.14. The van der Waals surface area contributed by atoms with Crippen LogP contribution in [0.4, 0.5) is 0 Å². The summed E-state index contributed by atoms with van der Waals surface area (Å²) in [7, 11) is -1.94. The van der Waals surface area contributed by atoms with Gasteiger partial charge in [0.15, 0.2) is 0 Å². The van der Waals surface area contributed by atoms with Crippen LogP contribution in [0.15, 0.2) is 47.2 Å². The second-order valence-electron chi connectivity index (χ2n) is 7.24. The summed E-state index contributed by atoms with van der Waals surface area (Å²) in [5.41, 5.74) is 0.456. The van der Waals surface area contributed by atoms with Crippen LogP contribution in [0.3, 0.4) is 0 Å². The fraction of sp³-hybridized carbons (Fsp3) is 0.526. The molecule has 2 unspecified atom stereocenters. The Morgan fingerprint density at radius 3 is 2.52 bits per heavy atom. The van der Waals surface area contributed by atoms with Gasteiger partial charge in [-0.25, -0.2) is 13.1 Å². The van der Waals surface area contributed by atoms with Gasteiger partial charge in [0.1, 0.15) is 5.76 Å². The summed E-state index contributed by atoms with van der Waals surface area (Å²) in [5.74, 6) is 0.295. The van der Waals surface area contributed by atoms with Crippen LogP contribution in [0.25, 0.3) is 0 Å². The number of allylic oxidation sites excluding steroid dienone is 1. The van der Waals surface area contributed by atoms with Crippen molar-refractivity contribution in [3.63, 3.8) is 0 Å². The summed E-state index contributed by atoms with van der Waals surface area (Å²) < 4.78 is 31.5. The molecule has 0 bridgehead atoms. The molecule has 2 atom stereocenters. The van der Waals surface area contributed by atoms with Gasteiger partial charge in [0.05, 0.1) is 17.9 Å². The maximum absolute atomic E-state index is 12.6. The summed E-state index contributed by atoms with van der Waals surface area (Å²) in [6, 6.07) is -0.807. The molecule has 0 fully saturated rings. The van der Waals surface area contributed by atoms with Crippen molar-refractivity contribution in [1.29, 1.82) is 0 Å². The molecule has 0 radical (unpaired) electrons. The van der Waals surface area contributed by atoms with Crippen LogP contribution in [-0.2, 0) is 19.6 Å². The number of carbonyl (C=O) groups excluding carboxylic acids is 1. The highest BCUT2D eigenvalue weighted by Gasteiger charge is 2.31. The molecule has 1 rings (SSSR count). The van der Waals surface area contributed by atoms with Gasteiger partial charge in [-0.15, -0.1) is 0 Å². The third-order valence-electron chi connectivity index (χ3n) is 4.07. The second-order valence-corrected chi connectivity index (χ2v) is 10.2. The lowest BCUT2D eigenvalue weighted by Gasteiger charge is -2.25. The number of hydrogen-bond donors (Lipinski definition) is 2. The van der Waals surface area contributed by atoms with Gasteiger partial charge in [-0.05, 0) is 40.2 Å². The standard InChI is InChI=1S/C19H29ClN2O4S/c1-7-17(26-6)16(12-13(2)20)21-18(23)14-8-10-15(11-9-14)22-27(24,25)19(3,4)5/h7-10,15-16,22H,2,11-12H2,1,3-6H3,(H,21,23)/b17-7+. The number of hydrogen-bond acceptors (Lipinski definition) is 4. The molecule has 0 aromatic rings. The lowest BCUT2D eigenvalue weighted by atomic mass is 10.0. The van der Waals surface area contributed by atoms with Crippen molar-refractivity contribution in [2.24, 2.45) is 0 Å². The largest absolute Gasteiger partial charge is 0.499 e. The van der Waals surface area contributed by atoms with Crippen molar-refractivity contribution in [3.8, 4) is 0 Å². The van der Waals surface area contributed by atoms with Crippen LogP contribution < -0.4 is 10.0 Å². The molecule has 0 spiro atoms. The number of sulfonamides is 1. The van der Waals surface area contributed by atoms with Crippen molar-refractivity contribution >= 4 is 27.5 Å². The van der Waals surface area contributed by atoms with Gasteiger partial charge in [0, 0.05) is 23.1 Å². The third kappa shape index (κ3) is 6.83. The molecule has 0 saturated carbocycles. The van der Waals surface area contributed by atoms with Gasteiger partial charge in [-0.1, -0.05) is 36.4 Å². The Labute approximate surface area is 167 Å². The van der Waals surface area contributed by atoms with Crippen LogP contribution in [-0.4, -0.2) is 38.3 Å². The minimum absolute atomic E-state index is 0.289. The molecule has 1 aliphatic rings. The Morgan fingerprint density at radius 1 is 1.48 bits per heavy atom. The summed E-state index contributed by atoms with van der Waals surface area (Å²) in [5, 5.41) is 3.28. The normalized spacial score (nSPS) is 19.3. The highest BCUT2D eigenvalue weighted by atomic mass is 35.5. The van der Waals surface area contributed by atoms with Crippen molar-refractivity contribution in [2.75, 3.05) is 7.11 Å². The molecular formula is C19H29ClN2O4S. The van der Waals surface area contributed by atoms with Crippen LogP contribution in [0.2, 0.25) is 0 Å². The number of ether oxygens (including phenoxy) is 1. The van der Waals surface area contributed by atoms with E-state index in [9.17, 15) is 13.2 Å². The maximum Gasteiger partial charge on any atom is 0.251 e. The van der Waals surface area contributed by atoms with E-state index in [-0.39, 0.29) is 11.9 Å². The molecule has 2 N–H and O–H groups in total. The SMILES string of the molecule is C=C(Cl)CC(NC(=O)C1=CCC(NS(=O)(=O)C(C)(C)C)C=C1)/C(=C\C)OC. The zero-order chi connectivity index (χ0) is 20.8. The number of methoxy groups -OCH3 is 1. The molecule has 8 heteroatoms. The quantitative estimate of drug-likeness (QED) is 0.595. The predicted molar refractivity (Wildman–Crippen MR) is 110 cm³/mol. The molecule has 152 valence electrons. The Kier molecular flexibility index (Phi) is 8.32. The average molecular weight is 417 g/mol. The Balaban J connectivity index is 2.80. The van der Waals surface area contributed by atoms with Crippen molar-refractivity contribution in [3.05, 3.63) is 47.2 Å². The van der Waals surface area contributed by atoms with Crippen LogP contribution in [0.1, 0.15) is 40.5 Å². The van der Waals surface area contributed by atoms with E-state index in [0.29, 0.717) is 29.2 Å². The smallest absolute Gasteiger partial charge is 0.251 e. The molecular weight excluding hydrogens is 388 g/mol. The molecule has 0 heterocycles. The number of carbonyl (C=O) groups is 1. The van der Waals surface area contributed by atoms with Gasteiger partial charge in [-0.2, -0.15) is 0 Å². The summed E-state index contributed by atoms with van der Waals surface area (Å²) >= 11 is 5.89. The van der Waals surface area contributed by atoms with E-state index in [4.69, 9.17) is 16.3 Å². The van der Waals surface area contributed by atoms with E-state index >= 15 is 0 Å². The maximum atomic E-state index is 12.6. The molecule has 6 nitrogen and oxygen atoms in total. The Morgan fingerprint density at radius 2 is 2.11 bits per heavy atom. The van der Waals surface area contributed by atoms with Crippen LogP contribution in [0.5, 0.6) is 0 Å². The second kappa shape index (κ2) is 9.57. The zero-order valence-corrected chi connectivity index (χ0v) is 18.1. The number of halogens is 1. The van der Waals surface area contributed by atoms with Gasteiger partial charge >= 0.3 is 0 Å². The summed E-state index contributed by atoms with van der Waals surface area (Å²) in [4.78, 5) is 12.6. The lowest BCUT2D eigenvalue weighted by Crippen LogP contribution is -2.44. The Hall–Kier alpha value is -1.57. The summed E-state index contributed by atoms with van der Waals surface area (Å²) in [6.07, 6.45) is 7.49. The topological polar surface area (TPSA) is 84.5 Å². The molecule has 1 aliphatic carbocycles. The minimum atomic E-state index is -3.47. The summed E-state index contributed by atoms with van der Waals surface area (Å²) in [6.45, 7) is 10.4. The van der Waals surface area contributed by atoms with Crippen LogP contribution >= 0.6 is 11.6 Å². The van der Waals surface area contributed by atoms with E-state index in [2.05, 4.69) is 16.6 Å². The van der Waals surface area contributed by atoms with Gasteiger partial charge in [-0.3, -0.25) is 4.79 Å². The number of rotatable bonds is 8. The fourth-order valence-corrected chi connectivity index (χ4v) is 3.48. The van der Waals surface area contributed by atoms with Crippen molar-refractivity contribution in [2.45, 2.75) is 57.4 Å².